The van der Waals surface area contributed by atoms with Crippen LogP contribution < -0.4 is 11.2 Å². The van der Waals surface area contributed by atoms with Crippen LogP contribution in [0.2, 0.25) is 5.15 Å². The lowest BCUT2D eigenvalue weighted by Crippen LogP contribution is -2.30. The molecule has 0 unspecified atom stereocenters. The van der Waals surface area contributed by atoms with Gasteiger partial charge in [-0.15, -0.1) is 0 Å². The van der Waals surface area contributed by atoms with Gasteiger partial charge in [-0.05, 0) is 22.0 Å². The molecule has 2 heterocycles. The number of nitrogens with zero attached hydrogens (tertiary/aromatic N) is 2. The van der Waals surface area contributed by atoms with Crippen molar-refractivity contribution in [3.8, 4) is 0 Å². The second-order valence-corrected chi connectivity index (χ2v) is 4.53. The Balaban J connectivity index is 2.44. The largest absolute Gasteiger partial charge is 0.328 e. The monoisotopic (exact) mass is 315 g/mol. The molecule has 7 heteroatoms. The Kier molecular flexibility index (Phi) is 3.44. The molecule has 0 radical (unpaired) electrons. The van der Waals surface area contributed by atoms with Crippen LogP contribution in [0.25, 0.3) is 0 Å². The van der Waals surface area contributed by atoms with Crippen LogP contribution in [0.3, 0.4) is 0 Å². The van der Waals surface area contributed by atoms with Gasteiger partial charge in [-0.3, -0.25) is 14.3 Å². The minimum absolute atomic E-state index is 0.251. The first-order chi connectivity index (χ1) is 8.08. The maximum absolute atomic E-state index is 11.5. The average molecular weight is 317 g/mol. The lowest BCUT2D eigenvalue weighted by molar-refractivity contribution is 0.714. The standard InChI is InChI=1S/C10H7BrClN3O2/c11-7-5-15(10(17)14-9(7)16)4-6-2-1-3-13-8(6)12/h1-3,5H,4H2,(H,14,16,17). The summed E-state index contributed by atoms with van der Waals surface area (Å²) in [7, 11) is 0. The second-order valence-electron chi connectivity index (χ2n) is 3.32. The number of H-pyrrole nitrogens is 1. The van der Waals surface area contributed by atoms with Gasteiger partial charge in [0.2, 0.25) is 0 Å². The van der Waals surface area contributed by atoms with E-state index < -0.39 is 11.2 Å². The number of hydrogen-bond acceptors (Lipinski definition) is 3. The normalized spacial score (nSPS) is 10.5. The molecule has 1 N–H and O–H groups in total. The Hall–Kier alpha value is -1.40. The maximum Gasteiger partial charge on any atom is 0.328 e. The molecule has 2 aromatic heterocycles. The lowest BCUT2D eigenvalue weighted by Gasteiger charge is -2.06. The number of pyridine rings is 1. The predicted molar refractivity (Wildman–Crippen MR) is 67.4 cm³/mol. The van der Waals surface area contributed by atoms with Crippen molar-refractivity contribution in [2.45, 2.75) is 6.54 Å². The number of halogens is 2. The fraction of sp³-hybridized carbons (Fsp3) is 0.100. The summed E-state index contributed by atoms with van der Waals surface area (Å²) in [5.41, 5.74) is -0.239. The molecule has 0 atom stereocenters. The Morgan fingerprint density at radius 3 is 2.94 bits per heavy atom. The molecule has 0 aromatic carbocycles. The summed E-state index contributed by atoms with van der Waals surface area (Å²) >= 11 is 8.95. The first-order valence-electron chi connectivity index (χ1n) is 4.66. The zero-order valence-corrected chi connectivity index (χ0v) is 10.8. The van der Waals surface area contributed by atoms with E-state index in [2.05, 4.69) is 25.9 Å². The molecule has 0 aliphatic rings. The zero-order valence-electron chi connectivity index (χ0n) is 8.48. The van der Waals surface area contributed by atoms with Gasteiger partial charge < -0.3 is 0 Å². The molecular weight excluding hydrogens is 309 g/mol. The van der Waals surface area contributed by atoms with Gasteiger partial charge in [0.25, 0.3) is 5.56 Å². The van der Waals surface area contributed by atoms with Crippen LogP contribution in [-0.4, -0.2) is 14.5 Å². The zero-order chi connectivity index (χ0) is 12.4. The Labute approximate surface area is 109 Å². The van der Waals surface area contributed by atoms with E-state index >= 15 is 0 Å². The van der Waals surface area contributed by atoms with Crippen molar-refractivity contribution in [2.75, 3.05) is 0 Å². The summed E-state index contributed by atoms with van der Waals surface area (Å²) in [6.07, 6.45) is 2.99. The highest BCUT2D eigenvalue weighted by atomic mass is 79.9. The van der Waals surface area contributed by atoms with Gasteiger partial charge in [-0.1, -0.05) is 17.7 Å². The molecule has 0 saturated heterocycles. The summed E-state index contributed by atoms with van der Waals surface area (Å²) in [6, 6.07) is 3.49. The van der Waals surface area contributed by atoms with Crippen molar-refractivity contribution >= 4 is 27.5 Å². The van der Waals surface area contributed by atoms with E-state index in [1.165, 1.54) is 10.8 Å². The maximum atomic E-state index is 11.5. The molecule has 2 rings (SSSR count). The molecule has 5 nitrogen and oxygen atoms in total. The molecular formula is C10H7BrClN3O2. The third-order valence-corrected chi connectivity index (χ3v) is 3.05. The highest BCUT2D eigenvalue weighted by molar-refractivity contribution is 9.10. The van der Waals surface area contributed by atoms with Crippen molar-refractivity contribution in [1.29, 1.82) is 0 Å². The van der Waals surface area contributed by atoms with E-state index in [1.807, 2.05) is 0 Å². The van der Waals surface area contributed by atoms with Crippen LogP contribution in [-0.2, 0) is 6.54 Å². The van der Waals surface area contributed by atoms with Gasteiger partial charge in [0, 0.05) is 18.0 Å². The summed E-state index contributed by atoms with van der Waals surface area (Å²) in [4.78, 5) is 28.8. The van der Waals surface area contributed by atoms with Crippen LogP contribution in [0.1, 0.15) is 5.56 Å². The Bertz CT molecular complexity index is 665. The van der Waals surface area contributed by atoms with Crippen LogP contribution in [0, 0.1) is 0 Å². The van der Waals surface area contributed by atoms with Gasteiger partial charge in [0.15, 0.2) is 0 Å². The Morgan fingerprint density at radius 2 is 2.24 bits per heavy atom. The van der Waals surface area contributed by atoms with Gasteiger partial charge in [0.1, 0.15) is 5.15 Å². The van der Waals surface area contributed by atoms with Crippen LogP contribution >= 0.6 is 27.5 Å². The summed E-state index contributed by atoms with van der Waals surface area (Å²) in [5.74, 6) is 0. The first-order valence-corrected chi connectivity index (χ1v) is 5.83. The molecule has 88 valence electrons. The molecule has 0 saturated carbocycles. The van der Waals surface area contributed by atoms with Gasteiger partial charge in [0.05, 0.1) is 11.0 Å². The van der Waals surface area contributed by atoms with Crippen LogP contribution in [0.5, 0.6) is 0 Å². The van der Waals surface area contributed by atoms with Gasteiger partial charge in [-0.2, -0.15) is 0 Å². The van der Waals surface area contributed by atoms with Crippen LogP contribution in [0.4, 0.5) is 0 Å². The number of nitrogens with one attached hydrogen (secondary N) is 1. The first kappa shape index (κ1) is 12.1. The quantitative estimate of drug-likeness (QED) is 0.852. The fourth-order valence-corrected chi connectivity index (χ4v) is 1.85. The lowest BCUT2D eigenvalue weighted by atomic mass is 10.3. The van der Waals surface area contributed by atoms with E-state index in [1.54, 1.807) is 18.3 Å². The van der Waals surface area contributed by atoms with Crippen molar-refractivity contribution in [3.05, 3.63) is 60.6 Å². The van der Waals surface area contributed by atoms with Gasteiger partial charge in [-0.25, -0.2) is 9.78 Å². The van der Waals surface area contributed by atoms with Crippen molar-refractivity contribution in [3.63, 3.8) is 0 Å². The molecule has 0 amide bonds. The highest BCUT2D eigenvalue weighted by Gasteiger charge is 2.05. The third kappa shape index (κ3) is 2.65. The van der Waals surface area contributed by atoms with Gasteiger partial charge >= 0.3 is 5.69 Å². The number of hydrogen-bond donors (Lipinski definition) is 1. The van der Waals surface area contributed by atoms with Crippen molar-refractivity contribution < 1.29 is 0 Å². The summed E-state index contributed by atoms with van der Waals surface area (Å²) in [6.45, 7) is 0.251. The van der Waals surface area contributed by atoms with Crippen molar-refractivity contribution in [1.82, 2.24) is 14.5 Å². The molecule has 0 spiro atoms. The highest BCUT2D eigenvalue weighted by Crippen LogP contribution is 2.12. The minimum atomic E-state index is -0.488. The SMILES string of the molecule is O=c1[nH]c(=O)n(Cc2cccnc2Cl)cc1Br. The molecule has 0 aliphatic heterocycles. The summed E-state index contributed by atoms with van der Waals surface area (Å²) in [5, 5.41) is 0.335. The molecule has 17 heavy (non-hydrogen) atoms. The predicted octanol–water partition coefficient (Wildman–Crippen LogP) is 1.40. The number of aromatic nitrogens is 3. The van der Waals surface area contributed by atoms with E-state index in [-0.39, 0.29) is 11.0 Å². The third-order valence-electron chi connectivity index (χ3n) is 2.14. The summed E-state index contributed by atoms with van der Waals surface area (Å²) < 4.78 is 1.63. The molecule has 0 fully saturated rings. The topological polar surface area (TPSA) is 67.8 Å². The fourth-order valence-electron chi connectivity index (χ4n) is 1.32. The minimum Gasteiger partial charge on any atom is -0.295 e. The molecule has 0 bridgehead atoms. The average Bonchev–Trinajstić information content (AvgIpc) is 2.29. The molecule has 2 aromatic rings. The second kappa shape index (κ2) is 4.85. The van der Waals surface area contributed by atoms with E-state index in [4.69, 9.17) is 11.6 Å². The van der Waals surface area contributed by atoms with E-state index in [9.17, 15) is 9.59 Å². The van der Waals surface area contributed by atoms with Crippen LogP contribution in [0.15, 0.2) is 38.6 Å². The van der Waals surface area contributed by atoms with E-state index in [0.29, 0.717) is 10.7 Å². The number of rotatable bonds is 2. The smallest absolute Gasteiger partial charge is 0.295 e. The Morgan fingerprint density at radius 1 is 1.47 bits per heavy atom. The number of aromatic amines is 1. The van der Waals surface area contributed by atoms with Crippen molar-refractivity contribution in [2.24, 2.45) is 0 Å². The van der Waals surface area contributed by atoms with E-state index in [0.717, 1.165) is 0 Å². The molecule has 0 aliphatic carbocycles.